The van der Waals surface area contributed by atoms with Gasteiger partial charge in [0.1, 0.15) is 5.75 Å². The minimum absolute atomic E-state index is 0.0749. The van der Waals surface area contributed by atoms with Crippen molar-refractivity contribution in [2.24, 2.45) is 4.99 Å². The number of hydrogen-bond acceptors (Lipinski definition) is 6. The molecule has 3 heterocycles. The molecule has 2 aliphatic heterocycles. The third-order valence-electron chi connectivity index (χ3n) is 4.58. The van der Waals surface area contributed by atoms with Crippen molar-refractivity contribution in [3.8, 4) is 11.8 Å². The van der Waals surface area contributed by atoms with E-state index in [1.165, 1.54) is 5.56 Å². The Kier molecular flexibility index (Phi) is 3.54. The molecular weight excluding hydrogens is 316 g/mol. The normalized spacial score (nSPS) is 19.9. The van der Waals surface area contributed by atoms with Crippen molar-refractivity contribution in [3.05, 3.63) is 41.7 Å². The molecule has 2 aromatic rings. The van der Waals surface area contributed by atoms with Gasteiger partial charge in [-0.1, -0.05) is 6.07 Å². The van der Waals surface area contributed by atoms with Crippen LogP contribution in [0.2, 0.25) is 0 Å². The van der Waals surface area contributed by atoms with Crippen LogP contribution in [0.5, 0.6) is 11.8 Å². The third kappa shape index (κ3) is 3.09. The van der Waals surface area contributed by atoms with E-state index in [1.54, 1.807) is 12.4 Å². The first-order valence-corrected chi connectivity index (χ1v) is 8.42. The Morgan fingerprint density at radius 1 is 1.12 bits per heavy atom. The Hall–Kier alpha value is -2.47. The minimum Gasteiger partial charge on any atom is -0.424 e. The average molecular weight is 338 g/mol. The van der Waals surface area contributed by atoms with Gasteiger partial charge in [-0.2, -0.15) is 0 Å². The van der Waals surface area contributed by atoms with Crippen molar-refractivity contribution in [1.82, 2.24) is 9.97 Å². The van der Waals surface area contributed by atoms with E-state index in [0.29, 0.717) is 18.4 Å². The maximum Gasteiger partial charge on any atom is 0.322 e. The van der Waals surface area contributed by atoms with Crippen LogP contribution in [-0.2, 0) is 16.9 Å². The zero-order valence-corrected chi connectivity index (χ0v) is 15.0. The Bertz CT molecular complexity index is 828. The van der Waals surface area contributed by atoms with E-state index >= 15 is 0 Å². The zero-order chi connectivity index (χ0) is 17.7. The lowest BCUT2D eigenvalue weighted by Gasteiger charge is -2.19. The molecule has 6 nitrogen and oxygen atoms in total. The van der Waals surface area contributed by atoms with Crippen LogP contribution < -0.4 is 9.64 Å². The highest BCUT2D eigenvalue weighted by Gasteiger charge is 2.31. The topological polar surface area (TPSA) is 59.8 Å². The van der Waals surface area contributed by atoms with Crippen molar-refractivity contribution in [2.75, 3.05) is 11.4 Å². The summed E-state index contributed by atoms with van der Waals surface area (Å²) in [7, 11) is 0. The molecule has 0 atom stereocenters. The molecule has 6 heteroatoms. The van der Waals surface area contributed by atoms with Gasteiger partial charge in [0.05, 0.1) is 42.2 Å². The summed E-state index contributed by atoms with van der Waals surface area (Å²) in [6.45, 7) is 9.78. The highest BCUT2D eigenvalue weighted by atomic mass is 16.5. The van der Waals surface area contributed by atoms with Crippen molar-refractivity contribution < 1.29 is 9.47 Å². The lowest BCUT2D eigenvalue weighted by molar-refractivity contribution is -0.00794. The largest absolute Gasteiger partial charge is 0.424 e. The van der Waals surface area contributed by atoms with Crippen molar-refractivity contribution in [3.63, 3.8) is 0 Å². The molecule has 0 N–H and O–H groups in total. The third-order valence-corrected chi connectivity index (χ3v) is 4.58. The molecule has 130 valence electrons. The van der Waals surface area contributed by atoms with Gasteiger partial charge in [0.15, 0.2) is 0 Å². The predicted molar refractivity (Wildman–Crippen MR) is 96.3 cm³/mol. The SMILES string of the molecule is CC1(C)CN(c2cnc(Oc3ccc4c(c3)C(C)(C)OC4)nc2)C=N1. The highest BCUT2D eigenvalue weighted by molar-refractivity contribution is 5.81. The van der Waals surface area contributed by atoms with E-state index in [0.717, 1.165) is 17.8 Å². The van der Waals surface area contributed by atoms with Crippen LogP contribution in [0.4, 0.5) is 5.69 Å². The Morgan fingerprint density at radius 2 is 1.88 bits per heavy atom. The summed E-state index contributed by atoms with van der Waals surface area (Å²) in [4.78, 5) is 15.2. The lowest BCUT2D eigenvalue weighted by atomic mass is 9.96. The average Bonchev–Trinajstić information content (AvgIpc) is 3.08. The number of aromatic nitrogens is 2. The van der Waals surface area contributed by atoms with Crippen LogP contribution in [0.3, 0.4) is 0 Å². The fourth-order valence-corrected chi connectivity index (χ4v) is 3.14. The lowest BCUT2D eigenvalue weighted by Crippen LogP contribution is -2.28. The van der Waals surface area contributed by atoms with E-state index < -0.39 is 0 Å². The predicted octanol–water partition coefficient (Wildman–Crippen LogP) is 3.66. The zero-order valence-electron chi connectivity index (χ0n) is 15.0. The summed E-state index contributed by atoms with van der Waals surface area (Å²) >= 11 is 0. The minimum atomic E-state index is -0.290. The molecule has 0 radical (unpaired) electrons. The molecule has 0 fully saturated rings. The highest BCUT2D eigenvalue weighted by Crippen LogP contribution is 2.38. The summed E-state index contributed by atoms with van der Waals surface area (Å²) in [6.07, 6.45) is 5.36. The molecule has 1 aromatic carbocycles. The van der Waals surface area contributed by atoms with Gasteiger partial charge in [0, 0.05) is 6.54 Å². The summed E-state index contributed by atoms with van der Waals surface area (Å²) in [5.41, 5.74) is 2.89. The summed E-state index contributed by atoms with van der Waals surface area (Å²) < 4.78 is 11.6. The Balaban J connectivity index is 1.50. The standard InChI is InChI=1S/C19H22N4O2/c1-18(2)11-23(12-22-18)14-8-20-17(21-9-14)25-15-6-5-13-10-24-19(3,4)16(13)7-15/h5-9,12H,10-11H2,1-4H3. The van der Waals surface area contributed by atoms with E-state index in [-0.39, 0.29) is 11.1 Å². The molecule has 0 saturated carbocycles. The van der Waals surface area contributed by atoms with Crippen LogP contribution in [0.15, 0.2) is 35.6 Å². The molecule has 1 aromatic heterocycles. The monoisotopic (exact) mass is 338 g/mol. The molecule has 0 unspecified atom stereocenters. The number of nitrogens with zero attached hydrogens (tertiary/aromatic N) is 4. The number of ether oxygens (including phenoxy) is 2. The van der Waals surface area contributed by atoms with Crippen LogP contribution in [0.25, 0.3) is 0 Å². The Morgan fingerprint density at radius 3 is 2.56 bits per heavy atom. The van der Waals surface area contributed by atoms with Gasteiger partial charge in [-0.15, -0.1) is 0 Å². The first-order valence-electron chi connectivity index (χ1n) is 8.42. The van der Waals surface area contributed by atoms with Crippen LogP contribution >= 0.6 is 0 Å². The van der Waals surface area contributed by atoms with Crippen LogP contribution in [0.1, 0.15) is 38.8 Å². The van der Waals surface area contributed by atoms with Crippen molar-refractivity contribution >= 4 is 12.0 Å². The fraction of sp³-hybridized carbons (Fsp3) is 0.421. The summed E-state index contributed by atoms with van der Waals surface area (Å²) in [5, 5.41) is 0. The van der Waals surface area contributed by atoms with Crippen molar-refractivity contribution in [2.45, 2.75) is 45.4 Å². The fourth-order valence-electron chi connectivity index (χ4n) is 3.14. The second kappa shape index (κ2) is 5.52. The second-order valence-electron chi connectivity index (χ2n) is 7.63. The molecule has 0 bridgehead atoms. The van der Waals surface area contributed by atoms with Gasteiger partial charge in [-0.25, -0.2) is 9.97 Å². The molecule has 0 amide bonds. The molecule has 0 saturated heterocycles. The maximum absolute atomic E-state index is 5.83. The van der Waals surface area contributed by atoms with Gasteiger partial charge in [-0.3, -0.25) is 4.99 Å². The van der Waals surface area contributed by atoms with Gasteiger partial charge in [0.25, 0.3) is 0 Å². The number of benzene rings is 1. The van der Waals surface area contributed by atoms with E-state index in [2.05, 4.69) is 42.7 Å². The molecule has 0 spiro atoms. The maximum atomic E-state index is 5.83. The van der Waals surface area contributed by atoms with Gasteiger partial charge in [-0.05, 0) is 51.0 Å². The van der Waals surface area contributed by atoms with Gasteiger partial charge >= 0.3 is 6.01 Å². The molecule has 0 aliphatic carbocycles. The second-order valence-corrected chi connectivity index (χ2v) is 7.63. The van der Waals surface area contributed by atoms with E-state index in [1.807, 2.05) is 29.4 Å². The first kappa shape index (κ1) is 16.0. The van der Waals surface area contributed by atoms with Crippen LogP contribution in [-0.4, -0.2) is 28.4 Å². The number of rotatable bonds is 3. The van der Waals surface area contributed by atoms with Crippen molar-refractivity contribution in [1.29, 1.82) is 0 Å². The smallest absolute Gasteiger partial charge is 0.322 e. The number of hydrogen-bond donors (Lipinski definition) is 0. The molecular formula is C19H22N4O2. The number of aliphatic imine (C=N–C) groups is 1. The van der Waals surface area contributed by atoms with Crippen LogP contribution in [0, 0.1) is 0 Å². The summed E-state index contributed by atoms with van der Waals surface area (Å²) in [5.74, 6) is 0.717. The molecule has 2 aliphatic rings. The van der Waals surface area contributed by atoms with Gasteiger partial charge < -0.3 is 14.4 Å². The number of fused-ring (bicyclic) bond motifs is 1. The molecule has 25 heavy (non-hydrogen) atoms. The Labute approximate surface area is 147 Å². The summed E-state index contributed by atoms with van der Waals surface area (Å²) in [6, 6.07) is 6.30. The van der Waals surface area contributed by atoms with Gasteiger partial charge in [0.2, 0.25) is 0 Å². The van der Waals surface area contributed by atoms with E-state index in [4.69, 9.17) is 9.47 Å². The molecule has 4 rings (SSSR count). The quantitative estimate of drug-likeness (QED) is 0.855. The first-order chi connectivity index (χ1) is 11.8. The van der Waals surface area contributed by atoms with E-state index in [9.17, 15) is 0 Å². The number of anilines is 1.